The fourth-order valence-electron chi connectivity index (χ4n) is 2.26. The van der Waals surface area contributed by atoms with E-state index in [9.17, 15) is 12.8 Å². The van der Waals surface area contributed by atoms with Crippen molar-refractivity contribution in [1.29, 1.82) is 0 Å². The third-order valence-electron chi connectivity index (χ3n) is 3.54. The van der Waals surface area contributed by atoms with Crippen LogP contribution in [0.15, 0.2) is 58.9 Å². The van der Waals surface area contributed by atoms with Crippen molar-refractivity contribution < 1.29 is 12.8 Å². The summed E-state index contributed by atoms with van der Waals surface area (Å²) in [4.78, 5) is 5.37. The molecule has 7 heteroatoms. The molecule has 2 heterocycles. The molecule has 0 spiro atoms. The van der Waals surface area contributed by atoms with E-state index in [2.05, 4.69) is 9.71 Å². The highest BCUT2D eigenvalue weighted by atomic mass is 32.2. The number of nitrogens with one attached hydrogen (secondary N) is 1. The van der Waals surface area contributed by atoms with Crippen LogP contribution in [0.4, 0.5) is 4.39 Å². The molecule has 1 aromatic carbocycles. The minimum atomic E-state index is -3.72. The number of nitrogens with zero attached hydrogens (tertiary/aromatic N) is 1. The van der Waals surface area contributed by atoms with E-state index in [0.29, 0.717) is 5.56 Å². The van der Waals surface area contributed by atoms with Crippen LogP contribution in [-0.2, 0) is 16.6 Å². The van der Waals surface area contributed by atoms with Crippen LogP contribution in [-0.4, -0.2) is 13.4 Å². The first-order valence-corrected chi connectivity index (χ1v) is 9.57. The number of aryl methyl sites for hydroxylation is 1. The Balaban J connectivity index is 1.84. The van der Waals surface area contributed by atoms with E-state index in [0.717, 1.165) is 22.2 Å². The Morgan fingerprint density at radius 1 is 1.21 bits per heavy atom. The van der Waals surface area contributed by atoms with Crippen molar-refractivity contribution in [1.82, 2.24) is 9.71 Å². The maximum Gasteiger partial charge on any atom is 0.240 e. The van der Waals surface area contributed by atoms with Crippen LogP contribution in [0.3, 0.4) is 0 Å². The summed E-state index contributed by atoms with van der Waals surface area (Å²) in [6.45, 7) is 1.64. The second kappa shape index (κ2) is 6.80. The van der Waals surface area contributed by atoms with Crippen molar-refractivity contribution in [2.75, 3.05) is 0 Å². The molecule has 2 aromatic heterocycles. The topological polar surface area (TPSA) is 59.1 Å². The number of halogens is 1. The Morgan fingerprint density at radius 3 is 2.75 bits per heavy atom. The number of aromatic nitrogens is 1. The highest BCUT2D eigenvalue weighted by molar-refractivity contribution is 7.89. The van der Waals surface area contributed by atoms with Gasteiger partial charge in [0.2, 0.25) is 10.0 Å². The number of hydrogen-bond acceptors (Lipinski definition) is 4. The first kappa shape index (κ1) is 16.8. The van der Waals surface area contributed by atoms with Gasteiger partial charge in [0.25, 0.3) is 0 Å². The maximum atomic E-state index is 13.3. The number of hydrogen-bond donors (Lipinski definition) is 1. The van der Waals surface area contributed by atoms with Crippen molar-refractivity contribution in [3.8, 4) is 10.6 Å². The zero-order chi connectivity index (χ0) is 17.2. The zero-order valence-electron chi connectivity index (χ0n) is 12.9. The van der Waals surface area contributed by atoms with E-state index in [1.54, 1.807) is 23.6 Å². The van der Waals surface area contributed by atoms with E-state index in [1.165, 1.54) is 19.1 Å². The third-order valence-corrected chi connectivity index (χ3v) is 5.81. The number of rotatable bonds is 5. The molecular weight excluding hydrogens is 347 g/mol. The van der Waals surface area contributed by atoms with E-state index in [1.807, 2.05) is 23.6 Å². The lowest BCUT2D eigenvalue weighted by Crippen LogP contribution is -2.23. The SMILES string of the molecule is Cc1cc(S(=O)(=O)NCc2cccnc2-c2cccs2)ccc1F. The maximum absolute atomic E-state index is 13.3. The summed E-state index contributed by atoms with van der Waals surface area (Å²) < 4.78 is 40.7. The molecular formula is C17H15FN2O2S2. The Bertz CT molecular complexity index is 954. The zero-order valence-corrected chi connectivity index (χ0v) is 14.5. The quantitative estimate of drug-likeness (QED) is 0.752. The highest BCUT2D eigenvalue weighted by Crippen LogP contribution is 2.26. The third kappa shape index (κ3) is 3.53. The summed E-state index contributed by atoms with van der Waals surface area (Å²) in [6.07, 6.45) is 1.68. The second-order valence-corrected chi connectivity index (χ2v) is 7.94. The van der Waals surface area contributed by atoms with Gasteiger partial charge in [0.05, 0.1) is 15.5 Å². The van der Waals surface area contributed by atoms with Gasteiger partial charge in [-0.3, -0.25) is 4.98 Å². The second-order valence-electron chi connectivity index (χ2n) is 5.22. The molecule has 0 atom stereocenters. The molecule has 0 amide bonds. The molecule has 124 valence electrons. The molecule has 3 rings (SSSR count). The predicted molar refractivity (Wildman–Crippen MR) is 92.7 cm³/mol. The van der Waals surface area contributed by atoms with Crippen LogP contribution >= 0.6 is 11.3 Å². The fraction of sp³-hybridized carbons (Fsp3) is 0.118. The van der Waals surface area contributed by atoms with Crippen LogP contribution in [0, 0.1) is 12.7 Å². The normalized spacial score (nSPS) is 11.6. The lowest BCUT2D eigenvalue weighted by Gasteiger charge is -2.10. The molecule has 0 aliphatic rings. The smallest absolute Gasteiger partial charge is 0.240 e. The van der Waals surface area contributed by atoms with Crippen molar-refractivity contribution in [3.63, 3.8) is 0 Å². The van der Waals surface area contributed by atoms with Gasteiger partial charge in [-0.25, -0.2) is 17.5 Å². The lowest BCUT2D eigenvalue weighted by atomic mass is 10.2. The first-order chi connectivity index (χ1) is 11.5. The summed E-state index contributed by atoms with van der Waals surface area (Å²) in [5, 5.41) is 1.94. The van der Waals surface area contributed by atoms with Gasteiger partial charge in [0.15, 0.2) is 0 Å². The number of sulfonamides is 1. The van der Waals surface area contributed by atoms with Crippen molar-refractivity contribution in [2.24, 2.45) is 0 Å². The predicted octanol–water partition coefficient (Wildman–Crippen LogP) is 3.74. The number of thiophene rings is 1. The summed E-state index contributed by atoms with van der Waals surface area (Å²) in [5.41, 5.74) is 1.83. The molecule has 24 heavy (non-hydrogen) atoms. The van der Waals surface area contributed by atoms with Crippen LogP contribution in [0.5, 0.6) is 0 Å². The Morgan fingerprint density at radius 2 is 2.04 bits per heavy atom. The average Bonchev–Trinajstić information content (AvgIpc) is 3.10. The molecule has 0 fully saturated rings. The van der Waals surface area contributed by atoms with Gasteiger partial charge >= 0.3 is 0 Å². The van der Waals surface area contributed by atoms with Crippen LogP contribution in [0.25, 0.3) is 10.6 Å². The first-order valence-electron chi connectivity index (χ1n) is 7.21. The van der Waals surface area contributed by atoms with Crippen molar-refractivity contribution in [3.05, 3.63) is 71.0 Å². The van der Waals surface area contributed by atoms with Crippen LogP contribution in [0.1, 0.15) is 11.1 Å². The monoisotopic (exact) mass is 362 g/mol. The molecule has 0 aliphatic carbocycles. The van der Waals surface area contributed by atoms with Gasteiger partial charge in [-0.15, -0.1) is 11.3 Å². The molecule has 4 nitrogen and oxygen atoms in total. The van der Waals surface area contributed by atoms with E-state index in [4.69, 9.17) is 0 Å². The minimum absolute atomic E-state index is 0.0444. The van der Waals surface area contributed by atoms with Gasteiger partial charge in [0.1, 0.15) is 5.82 Å². The highest BCUT2D eigenvalue weighted by Gasteiger charge is 2.16. The molecule has 0 saturated carbocycles. The average molecular weight is 362 g/mol. The molecule has 3 aromatic rings. The number of pyridine rings is 1. The van der Waals surface area contributed by atoms with Crippen molar-refractivity contribution >= 4 is 21.4 Å². The minimum Gasteiger partial charge on any atom is -0.255 e. The molecule has 0 bridgehead atoms. The van der Waals surface area contributed by atoms with Crippen LogP contribution in [0.2, 0.25) is 0 Å². The summed E-state index contributed by atoms with van der Waals surface area (Å²) in [6, 6.07) is 11.2. The lowest BCUT2D eigenvalue weighted by molar-refractivity contribution is 0.579. The largest absolute Gasteiger partial charge is 0.255 e. The fourth-order valence-corrected chi connectivity index (χ4v) is 4.10. The summed E-state index contributed by atoms with van der Waals surface area (Å²) >= 11 is 1.54. The van der Waals surface area contributed by atoms with Gasteiger partial charge < -0.3 is 0 Å². The van der Waals surface area contributed by atoms with Gasteiger partial charge in [0, 0.05) is 12.7 Å². The van der Waals surface area contributed by atoms with E-state index >= 15 is 0 Å². The van der Waals surface area contributed by atoms with Gasteiger partial charge in [-0.2, -0.15) is 0 Å². The summed E-state index contributed by atoms with van der Waals surface area (Å²) in [7, 11) is -3.72. The molecule has 0 aliphatic heterocycles. The summed E-state index contributed by atoms with van der Waals surface area (Å²) in [5.74, 6) is -0.429. The molecule has 0 saturated heterocycles. The Kier molecular flexibility index (Phi) is 4.75. The van der Waals surface area contributed by atoms with E-state index in [-0.39, 0.29) is 11.4 Å². The molecule has 0 unspecified atom stereocenters. The van der Waals surface area contributed by atoms with Crippen LogP contribution < -0.4 is 4.72 Å². The standard InChI is InChI=1S/C17H15FN2O2S2/c1-12-10-14(6-7-15(12)18)24(21,22)20-11-13-4-2-8-19-17(13)16-5-3-9-23-16/h2-10,20H,11H2,1H3. The molecule has 0 radical (unpaired) electrons. The van der Waals surface area contributed by atoms with Crippen molar-refractivity contribution in [2.45, 2.75) is 18.4 Å². The van der Waals surface area contributed by atoms with Gasteiger partial charge in [-0.05, 0) is 53.8 Å². The van der Waals surface area contributed by atoms with E-state index < -0.39 is 15.8 Å². The van der Waals surface area contributed by atoms with Gasteiger partial charge in [-0.1, -0.05) is 12.1 Å². The molecule has 1 N–H and O–H groups in total. The Hall–Kier alpha value is -2.09. The number of benzene rings is 1. The Labute approximate surface area is 144 Å².